The van der Waals surface area contributed by atoms with Gasteiger partial charge in [0.25, 0.3) is 0 Å². The summed E-state index contributed by atoms with van der Waals surface area (Å²) in [7, 11) is 0. The van der Waals surface area contributed by atoms with Crippen molar-refractivity contribution < 1.29 is 15.1 Å². The van der Waals surface area contributed by atoms with Gasteiger partial charge in [0, 0.05) is 22.4 Å². The van der Waals surface area contributed by atoms with E-state index in [0.717, 1.165) is 16.6 Å². The number of phenolic OH excluding ortho intramolecular Hbond substituents is 2. The molecule has 4 aromatic rings. The van der Waals surface area contributed by atoms with Crippen molar-refractivity contribution in [1.29, 1.82) is 0 Å². The van der Waals surface area contributed by atoms with Crippen LogP contribution in [0.25, 0.3) is 22.2 Å². The van der Waals surface area contributed by atoms with Crippen molar-refractivity contribution in [1.82, 2.24) is 9.97 Å². The molecule has 0 atom stereocenters. The molecule has 0 aliphatic carbocycles. The van der Waals surface area contributed by atoms with Gasteiger partial charge in [-0.25, -0.2) is 4.98 Å². The van der Waals surface area contributed by atoms with Gasteiger partial charge in [-0.2, -0.15) is 0 Å². The summed E-state index contributed by atoms with van der Waals surface area (Å²) in [5.74, 6) is -1.33. The van der Waals surface area contributed by atoms with Crippen LogP contribution < -0.4 is 5.32 Å². The van der Waals surface area contributed by atoms with Gasteiger partial charge in [0.2, 0.25) is 5.75 Å². The second-order valence-electron chi connectivity index (χ2n) is 5.70. The zero-order chi connectivity index (χ0) is 19.0. The number of pyridine rings is 1. The highest BCUT2D eigenvalue weighted by Gasteiger charge is 2.20. The number of nitrogens with zero attached hydrogens (tertiary/aromatic N) is 3. The molecule has 2 aromatic carbocycles. The van der Waals surface area contributed by atoms with Gasteiger partial charge in [-0.1, -0.05) is 18.2 Å². The van der Waals surface area contributed by atoms with Gasteiger partial charge in [-0.3, -0.25) is 15.1 Å². The van der Waals surface area contributed by atoms with Crippen LogP contribution in [0.15, 0.2) is 54.0 Å². The van der Waals surface area contributed by atoms with E-state index in [1.807, 2.05) is 30.3 Å². The summed E-state index contributed by atoms with van der Waals surface area (Å²) in [4.78, 5) is 19.0. The number of hydrogen-bond acceptors (Lipinski definition) is 8. The molecule has 0 amide bonds. The zero-order valence-corrected chi connectivity index (χ0v) is 14.5. The van der Waals surface area contributed by atoms with Crippen molar-refractivity contribution in [2.24, 2.45) is 0 Å². The largest absolute Gasteiger partial charge is 0.504 e. The van der Waals surface area contributed by atoms with Crippen molar-refractivity contribution >= 4 is 38.7 Å². The smallest absolute Gasteiger partial charge is 0.315 e. The maximum atomic E-state index is 11.0. The maximum Gasteiger partial charge on any atom is 0.315 e. The third kappa shape index (κ3) is 3.23. The number of nitro benzene ring substituents is 1. The van der Waals surface area contributed by atoms with E-state index in [2.05, 4.69) is 15.3 Å². The van der Waals surface area contributed by atoms with Crippen molar-refractivity contribution in [2.45, 2.75) is 0 Å². The van der Waals surface area contributed by atoms with E-state index in [4.69, 9.17) is 0 Å². The van der Waals surface area contributed by atoms with Crippen LogP contribution in [0, 0.1) is 10.1 Å². The first-order chi connectivity index (χ1) is 13.0. The second-order valence-corrected chi connectivity index (χ2v) is 6.56. The SMILES string of the molecule is O=[N+]([O-])c1cc(-c2csc(Nc3cnc4ccccc4c3)n2)cc(O)c1O. The van der Waals surface area contributed by atoms with E-state index in [9.17, 15) is 20.3 Å². The predicted molar refractivity (Wildman–Crippen MR) is 103 cm³/mol. The highest BCUT2D eigenvalue weighted by atomic mass is 32.1. The number of nitrogens with one attached hydrogen (secondary N) is 1. The van der Waals surface area contributed by atoms with Crippen LogP contribution >= 0.6 is 11.3 Å². The summed E-state index contributed by atoms with van der Waals surface area (Å²) in [6.45, 7) is 0. The van der Waals surface area contributed by atoms with Crippen molar-refractivity contribution in [3.8, 4) is 22.8 Å². The minimum absolute atomic E-state index is 0.331. The number of rotatable bonds is 4. The Kier molecular flexibility index (Phi) is 4.05. The lowest BCUT2D eigenvalue weighted by Gasteiger charge is -2.04. The molecule has 0 bridgehead atoms. The maximum absolute atomic E-state index is 11.0. The highest BCUT2D eigenvalue weighted by Crippen LogP contribution is 2.40. The number of thiazole rings is 1. The predicted octanol–water partition coefficient (Wildman–Crippen LogP) is 4.42. The van der Waals surface area contributed by atoms with E-state index in [1.165, 1.54) is 23.5 Å². The van der Waals surface area contributed by atoms with Crippen LogP contribution in [-0.2, 0) is 0 Å². The molecule has 0 fully saturated rings. The van der Waals surface area contributed by atoms with Crippen LogP contribution in [0.1, 0.15) is 0 Å². The fourth-order valence-electron chi connectivity index (χ4n) is 2.62. The number of phenols is 2. The lowest BCUT2D eigenvalue weighted by atomic mass is 10.1. The average Bonchev–Trinajstić information content (AvgIpc) is 3.12. The molecule has 134 valence electrons. The number of para-hydroxylation sites is 1. The monoisotopic (exact) mass is 380 g/mol. The summed E-state index contributed by atoms with van der Waals surface area (Å²) in [5, 5.41) is 36.7. The molecule has 2 heterocycles. The quantitative estimate of drug-likeness (QED) is 0.272. The third-order valence-electron chi connectivity index (χ3n) is 3.91. The van der Waals surface area contributed by atoms with Crippen LogP contribution in [0.3, 0.4) is 0 Å². The van der Waals surface area contributed by atoms with Crippen molar-refractivity contribution in [3.63, 3.8) is 0 Å². The number of nitro groups is 1. The molecular formula is C18H12N4O4S. The van der Waals surface area contributed by atoms with E-state index in [0.29, 0.717) is 16.4 Å². The second kappa shape index (κ2) is 6.54. The fourth-order valence-corrected chi connectivity index (χ4v) is 3.36. The van der Waals surface area contributed by atoms with Gasteiger partial charge in [0.05, 0.1) is 28.0 Å². The van der Waals surface area contributed by atoms with Crippen LogP contribution in [0.5, 0.6) is 11.5 Å². The van der Waals surface area contributed by atoms with Crippen LogP contribution in [0.2, 0.25) is 0 Å². The Morgan fingerprint density at radius 1 is 1.15 bits per heavy atom. The summed E-state index contributed by atoms with van der Waals surface area (Å²) < 4.78 is 0. The number of hydrogen-bond donors (Lipinski definition) is 3. The Morgan fingerprint density at radius 3 is 2.78 bits per heavy atom. The number of benzene rings is 2. The molecule has 0 radical (unpaired) electrons. The first-order valence-electron chi connectivity index (χ1n) is 7.79. The molecule has 0 aliphatic rings. The summed E-state index contributed by atoms with van der Waals surface area (Å²) in [5.41, 5.74) is 1.84. The van der Waals surface area contributed by atoms with E-state index in [-0.39, 0.29) is 0 Å². The molecule has 0 saturated heterocycles. The minimum atomic E-state index is -0.764. The normalized spacial score (nSPS) is 10.8. The van der Waals surface area contributed by atoms with E-state index >= 15 is 0 Å². The first kappa shape index (κ1) is 16.7. The molecule has 2 aromatic heterocycles. The Hall–Kier alpha value is -3.72. The topological polar surface area (TPSA) is 121 Å². The highest BCUT2D eigenvalue weighted by molar-refractivity contribution is 7.14. The molecule has 0 unspecified atom stereocenters. The molecule has 8 nitrogen and oxygen atoms in total. The van der Waals surface area contributed by atoms with Gasteiger partial charge < -0.3 is 15.5 Å². The van der Waals surface area contributed by atoms with Crippen LogP contribution in [0.4, 0.5) is 16.5 Å². The lowest BCUT2D eigenvalue weighted by Crippen LogP contribution is -1.92. The number of aromatic hydroxyl groups is 2. The van der Waals surface area contributed by atoms with Crippen molar-refractivity contribution in [2.75, 3.05) is 5.32 Å². The van der Waals surface area contributed by atoms with Crippen molar-refractivity contribution in [3.05, 3.63) is 64.2 Å². The Labute approximate surface area is 156 Å². The fraction of sp³-hybridized carbons (Fsp3) is 0. The Bertz CT molecular complexity index is 1180. The molecule has 4 rings (SSSR count). The molecule has 0 spiro atoms. The lowest BCUT2D eigenvalue weighted by molar-refractivity contribution is -0.385. The summed E-state index contributed by atoms with van der Waals surface area (Å²) in [6.07, 6.45) is 1.70. The molecule has 27 heavy (non-hydrogen) atoms. The molecule has 9 heteroatoms. The standard InChI is InChI=1S/C18H12N4O4S/c23-16-7-11(6-15(17(16)24)22(25)26)14-9-27-18(21-14)20-12-5-10-3-1-2-4-13(10)19-8-12/h1-9,23-24H,(H,20,21). The minimum Gasteiger partial charge on any atom is -0.504 e. The molecular weight excluding hydrogens is 368 g/mol. The Balaban J connectivity index is 1.64. The van der Waals surface area contributed by atoms with Gasteiger partial charge in [-0.15, -0.1) is 11.3 Å². The number of fused-ring (bicyclic) bond motifs is 1. The van der Waals surface area contributed by atoms with E-state index in [1.54, 1.807) is 11.6 Å². The van der Waals surface area contributed by atoms with Gasteiger partial charge in [-0.05, 0) is 18.2 Å². The number of aromatic nitrogens is 2. The number of anilines is 2. The summed E-state index contributed by atoms with van der Waals surface area (Å²) in [6, 6.07) is 12.1. The molecule has 0 saturated carbocycles. The van der Waals surface area contributed by atoms with E-state index < -0.39 is 22.1 Å². The molecule has 0 aliphatic heterocycles. The van der Waals surface area contributed by atoms with Gasteiger partial charge >= 0.3 is 5.69 Å². The summed E-state index contributed by atoms with van der Waals surface area (Å²) >= 11 is 1.30. The zero-order valence-electron chi connectivity index (χ0n) is 13.7. The van der Waals surface area contributed by atoms with Gasteiger partial charge in [0.1, 0.15) is 0 Å². The molecule has 3 N–H and O–H groups in total. The Morgan fingerprint density at radius 2 is 1.96 bits per heavy atom. The average molecular weight is 380 g/mol. The first-order valence-corrected chi connectivity index (χ1v) is 8.67. The van der Waals surface area contributed by atoms with Crippen LogP contribution in [-0.4, -0.2) is 25.1 Å². The van der Waals surface area contributed by atoms with Gasteiger partial charge in [0.15, 0.2) is 10.9 Å². The third-order valence-corrected chi connectivity index (χ3v) is 4.67.